The molecule has 1 heterocycles. The Bertz CT molecular complexity index is 758. The van der Waals surface area contributed by atoms with E-state index in [0.29, 0.717) is 28.5 Å². The number of imide groups is 2. The number of urea groups is 1. The minimum absolute atomic E-state index is 0.247. The predicted molar refractivity (Wildman–Crippen MR) is 91.0 cm³/mol. The second-order valence-corrected chi connectivity index (χ2v) is 6.73. The van der Waals surface area contributed by atoms with Gasteiger partial charge in [0.25, 0.3) is 0 Å². The third-order valence-corrected chi connectivity index (χ3v) is 4.79. The highest BCUT2D eigenvalue weighted by atomic mass is 35.5. The van der Waals surface area contributed by atoms with E-state index in [1.165, 1.54) is 0 Å². The van der Waals surface area contributed by atoms with Crippen LogP contribution >= 0.6 is 11.6 Å². The molecule has 8 heteroatoms. The first kappa shape index (κ1) is 17.4. The van der Waals surface area contributed by atoms with Crippen molar-refractivity contribution in [3.63, 3.8) is 0 Å². The quantitative estimate of drug-likeness (QED) is 0.657. The van der Waals surface area contributed by atoms with Crippen LogP contribution in [0.3, 0.4) is 0 Å². The highest BCUT2D eigenvalue weighted by Gasteiger charge is 2.48. The molecule has 132 valence electrons. The normalized spacial score (nSPS) is 18.4. The minimum Gasteiger partial charge on any atom is -0.323 e. The highest BCUT2D eigenvalue weighted by molar-refractivity contribution is 6.45. The first-order valence-corrected chi connectivity index (χ1v) is 8.51. The molecule has 1 saturated carbocycles. The third kappa shape index (κ3) is 3.37. The van der Waals surface area contributed by atoms with Crippen LogP contribution in [0.4, 0.5) is 10.5 Å². The summed E-state index contributed by atoms with van der Waals surface area (Å²) in [6, 6.07) is 4.14. The van der Waals surface area contributed by atoms with E-state index in [-0.39, 0.29) is 6.04 Å². The van der Waals surface area contributed by atoms with Gasteiger partial charge in [-0.25, -0.2) is 9.69 Å². The fourth-order valence-electron chi connectivity index (χ4n) is 3.20. The SMILES string of the molecule is Cc1ccc(NC(=O)CN2C(=O)C(=O)N(C3CCCC3)C2=O)c(Cl)c1. The summed E-state index contributed by atoms with van der Waals surface area (Å²) in [5.74, 6) is -2.39. The van der Waals surface area contributed by atoms with Crippen molar-refractivity contribution in [2.45, 2.75) is 38.6 Å². The van der Waals surface area contributed by atoms with Crippen molar-refractivity contribution >= 4 is 41.0 Å². The minimum atomic E-state index is -0.956. The molecule has 0 aromatic heterocycles. The average Bonchev–Trinajstić information content (AvgIpc) is 3.14. The summed E-state index contributed by atoms with van der Waals surface area (Å²) in [5.41, 5.74) is 1.32. The molecule has 1 aromatic rings. The van der Waals surface area contributed by atoms with Crippen molar-refractivity contribution in [2.24, 2.45) is 0 Å². The number of nitrogens with one attached hydrogen (secondary N) is 1. The van der Waals surface area contributed by atoms with E-state index in [1.54, 1.807) is 18.2 Å². The molecule has 1 aliphatic carbocycles. The van der Waals surface area contributed by atoms with Crippen LogP contribution in [-0.4, -0.2) is 46.1 Å². The van der Waals surface area contributed by atoms with E-state index < -0.39 is 30.3 Å². The topological polar surface area (TPSA) is 86.8 Å². The number of anilines is 1. The number of hydrogen-bond donors (Lipinski definition) is 1. The van der Waals surface area contributed by atoms with Gasteiger partial charge in [0.05, 0.1) is 10.7 Å². The predicted octanol–water partition coefficient (Wildman–Crippen LogP) is 2.32. The van der Waals surface area contributed by atoms with E-state index >= 15 is 0 Å². The Morgan fingerprint density at radius 2 is 1.88 bits per heavy atom. The zero-order valence-corrected chi connectivity index (χ0v) is 14.5. The second kappa shape index (κ2) is 6.84. The van der Waals surface area contributed by atoms with Gasteiger partial charge in [-0.15, -0.1) is 0 Å². The molecule has 0 bridgehead atoms. The van der Waals surface area contributed by atoms with Crippen LogP contribution in [0.5, 0.6) is 0 Å². The first-order valence-electron chi connectivity index (χ1n) is 8.13. The van der Waals surface area contributed by atoms with E-state index in [2.05, 4.69) is 5.32 Å². The molecule has 1 aliphatic heterocycles. The molecule has 0 unspecified atom stereocenters. The Balaban J connectivity index is 1.69. The Morgan fingerprint density at radius 3 is 2.52 bits per heavy atom. The lowest BCUT2D eigenvalue weighted by molar-refractivity contribution is -0.144. The van der Waals surface area contributed by atoms with Gasteiger partial charge in [-0.2, -0.15) is 0 Å². The second-order valence-electron chi connectivity index (χ2n) is 6.32. The Labute approximate surface area is 149 Å². The Hall–Kier alpha value is -2.41. The largest absolute Gasteiger partial charge is 0.334 e. The van der Waals surface area contributed by atoms with Crippen LogP contribution in [0.2, 0.25) is 5.02 Å². The van der Waals surface area contributed by atoms with Crippen molar-refractivity contribution in [2.75, 3.05) is 11.9 Å². The van der Waals surface area contributed by atoms with Gasteiger partial charge in [-0.05, 0) is 37.5 Å². The van der Waals surface area contributed by atoms with Gasteiger partial charge in [0.2, 0.25) is 5.91 Å². The first-order chi connectivity index (χ1) is 11.9. The lowest BCUT2D eigenvalue weighted by Crippen LogP contribution is -2.41. The van der Waals surface area contributed by atoms with Gasteiger partial charge in [0.1, 0.15) is 6.54 Å². The molecule has 0 atom stereocenters. The Morgan fingerprint density at radius 1 is 1.20 bits per heavy atom. The van der Waals surface area contributed by atoms with Crippen molar-refractivity contribution in [1.29, 1.82) is 0 Å². The molecule has 25 heavy (non-hydrogen) atoms. The zero-order chi connectivity index (χ0) is 18.1. The maximum absolute atomic E-state index is 12.4. The van der Waals surface area contributed by atoms with Gasteiger partial charge in [0, 0.05) is 6.04 Å². The number of hydrogen-bond acceptors (Lipinski definition) is 4. The molecule has 0 spiro atoms. The van der Waals surface area contributed by atoms with Crippen molar-refractivity contribution in [3.8, 4) is 0 Å². The van der Waals surface area contributed by atoms with E-state index in [0.717, 1.165) is 23.3 Å². The van der Waals surface area contributed by atoms with Gasteiger partial charge < -0.3 is 5.32 Å². The summed E-state index contributed by atoms with van der Waals surface area (Å²) in [7, 11) is 0. The van der Waals surface area contributed by atoms with Gasteiger partial charge in [-0.3, -0.25) is 19.3 Å². The molecule has 5 amide bonds. The molecule has 7 nitrogen and oxygen atoms in total. The fourth-order valence-corrected chi connectivity index (χ4v) is 3.48. The molecular formula is C17H18ClN3O4. The highest BCUT2D eigenvalue weighted by Crippen LogP contribution is 2.28. The van der Waals surface area contributed by atoms with Crippen LogP contribution in [0.15, 0.2) is 18.2 Å². The number of carbonyl (C=O) groups is 4. The summed E-state index contributed by atoms with van der Waals surface area (Å²) in [4.78, 5) is 50.5. The number of aryl methyl sites for hydroxylation is 1. The summed E-state index contributed by atoms with van der Waals surface area (Å²) >= 11 is 6.06. The lowest BCUT2D eigenvalue weighted by Gasteiger charge is -2.20. The maximum atomic E-state index is 12.4. The molecule has 2 fully saturated rings. The number of nitrogens with zero attached hydrogens (tertiary/aromatic N) is 2. The van der Waals surface area contributed by atoms with Crippen molar-refractivity contribution in [1.82, 2.24) is 9.80 Å². The molecular weight excluding hydrogens is 346 g/mol. The van der Waals surface area contributed by atoms with E-state index in [9.17, 15) is 19.2 Å². The van der Waals surface area contributed by atoms with Crippen molar-refractivity contribution in [3.05, 3.63) is 28.8 Å². The molecule has 0 radical (unpaired) electrons. The van der Waals surface area contributed by atoms with Gasteiger partial charge in [-0.1, -0.05) is 30.5 Å². The summed E-state index contributed by atoms with van der Waals surface area (Å²) in [6.45, 7) is 1.35. The van der Waals surface area contributed by atoms with Crippen molar-refractivity contribution < 1.29 is 19.2 Å². The number of rotatable bonds is 4. The number of carbonyl (C=O) groups excluding carboxylic acids is 4. The lowest BCUT2D eigenvalue weighted by atomic mass is 10.2. The summed E-state index contributed by atoms with van der Waals surface area (Å²) < 4.78 is 0. The van der Waals surface area contributed by atoms with E-state index in [4.69, 9.17) is 11.6 Å². The van der Waals surface area contributed by atoms with Crippen LogP contribution in [0.1, 0.15) is 31.2 Å². The standard InChI is InChI=1S/C17H18ClN3O4/c1-10-6-7-13(12(18)8-10)19-14(22)9-20-15(23)16(24)21(17(20)25)11-4-2-3-5-11/h6-8,11H,2-5,9H2,1H3,(H,19,22). The van der Waals surface area contributed by atoms with E-state index in [1.807, 2.05) is 6.92 Å². The zero-order valence-electron chi connectivity index (χ0n) is 13.8. The Kier molecular flexibility index (Phi) is 4.76. The summed E-state index contributed by atoms with van der Waals surface area (Å²) in [6.07, 6.45) is 3.23. The summed E-state index contributed by atoms with van der Waals surface area (Å²) in [5, 5.41) is 2.92. The maximum Gasteiger partial charge on any atom is 0.334 e. The van der Waals surface area contributed by atoms with Crippen LogP contribution < -0.4 is 5.32 Å². The number of benzene rings is 1. The van der Waals surface area contributed by atoms with Gasteiger partial charge in [0.15, 0.2) is 0 Å². The van der Waals surface area contributed by atoms with Crippen LogP contribution in [0.25, 0.3) is 0 Å². The fraction of sp³-hybridized carbons (Fsp3) is 0.412. The molecule has 1 N–H and O–H groups in total. The number of amides is 5. The third-order valence-electron chi connectivity index (χ3n) is 4.47. The monoisotopic (exact) mass is 363 g/mol. The van der Waals surface area contributed by atoms with Crippen LogP contribution in [-0.2, 0) is 14.4 Å². The van der Waals surface area contributed by atoms with Crippen LogP contribution in [0, 0.1) is 6.92 Å². The molecule has 1 aromatic carbocycles. The molecule has 1 saturated heterocycles. The molecule has 3 rings (SSSR count). The smallest absolute Gasteiger partial charge is 0.323 e. The average molecular weight is 364 g/mol. The molecule has 2 aliphatic rings. The van der Waals surface area contributed by atoms with Gasteiger partial charge >= 0.3 is 17.8 Å². The number of halogens is 1.